The predicted molar refractivity (Wildman–Crippen MR) is 72.4 cm³/mol. The third-order valence-electron chi connectivity index (χ3n) is 3.12. The highest BCUT2D eigenvalue weighted by atomic mass is 16.6. The molecule has 6 nitrogen and oxygen atoms in total. The predicted octanol–water partition coefficient (Wildman–Crippen LogP) is 1.95. The average Bonchev–Trinajstić information content (AvgIpc) is 2.44. The molecule has 1 aliphatic rings. The van der Waals surface area contributed by atoms with Gasteiger partial charge in [0.05, 0.1) is 12.1 Å². The van der Waals surface area contributed by atoms with Crippen LogP contribution in [0.1, 0.15) is 5.69 Å². The molecule has 3 rings (SSSR count). The molecule has 0 aliphatic carbocycles. The van der Waals surface area contributed by atoms with Crippen LogP contribution in [-0.2, 0) is 0 Å². The highest BCUT2D eigenvalue weighted by Crippen LogP contribution is 2.38. The number of hydrogen-bond acceptors (Lipinski definition) is 4. The van der Waals surface area contributed by atoms with Gasteiger partial charge in [0.2, 0.25) is 0 Å². The quantitative estimate of drug-likeness (QED) is 0.874. The Morgan fingerprint density at radius 1 is 1.45 bits per heavy atom. The van der Waals surface area contributed by atoms with Crippen molar-refractivity contribution in [2.75, 3.05) is 13.2 Å². The third kappa shape index (κ3) is 2.32. The number of carbonyl (C=O) groups is 1. The summed E-state index contributed by atoms with van der Waals surface area (Å²) in [6.07, 6.45) is -1.42. The van der Waals surface area contributed by atoms with Crippen LogP contribution in [0, 0.1) is 6.92 Å². The van der Waals surface area contributed by atoms with Gasteiger partial charge in [-0.05, 0) is 31.2 Å². The maximum Gasteiger partial charge on any atom is 0.404 e. The van der Waals surface area contributed by atoms with E-state index in [0.29, 0.717) is 18.1 Å². The van der Waals surface area contributed by atoms with E-state index in [2.05, 4.69) is 10.3 Å². The molecule has 0 unspecified atom stereocenters. The molecular weight excluding hydrogens is 260 g/mol. The van der Waals surface area contributed by atoms with Crippen LogP contribution in [0.3, 0.4) is 0 Å². The van der Waals surface area contributed by atoms with Crippen molar-refractivity contribution in [2.45, 2.75) is 13.0 Å². The zero-order valence-electron chi connectivity index (χ0n) is 10.9. The number of ether oxygens (including phenoxy) is 2. The van der Waals surface area contributed by atoms with Crippen LogP contribution >= 0.6 is 0 Å². The number of rotatable bonds is 2. The van der Waals surface area contributed by atoms with Gasteiger partial charge in [0.25, 0.3) is 0 Å². The van der Waals surface area contributed by atoms with Crippen LogP contribution in [0.15, 0.2) is 24.3 Å². The van der Waals surface area contributed by atoms with Crippen molar-refractivity contribution in [3.63, 3.8) is 0 Å². The second-order valence-corrected chi connectivity index (χ2v) is 4.65. The summed E-state index contributed by atoms with van der Waals surface area (Å²) in [5.41, 5.74) is 1.76. The minimum atomic E-state index is -1.07. The van der Waals surface area contributed by atoms with E-state index in [1.165, 1.54) is 0 Å². The number of nitrogens with zero attached hydrogens (tertiary/aromatic N) is 1. The molecule has 2 aromatic rings. The summed E-state index contributed by atoms with van der Waals surface area (Å²) in [6, 6.07) is 7.56. The van der Waals surface area contributed by atoms with Crippen molar-refractivity contribution in [3.8, 4) is 11.5 Å². The highest BCUT2D eigenvalue weighted by molar-refractivity contribution is 5.88. The molecule has 0 fully saturated rings. The summed E-state index contributed by atoms with van der Waals surface area (Å²) in [6.45, 7) is 2.43. The van der Waals surface area contributed by atoms with Crippen LogP contribution in [-0.4, -0.2) is 35.4 Å². The van der Waals surface area contributed by atoms with E-state index < -0.39 is 6.09 Å². The number of pyridine rings is 1. The first-order chi connectivity index (χ1) is 9.63. The van der Waals surface area contributed by atoms with Gasteiger partial charge in [-0.15, -0.1) is 0 Å². The van der Waals surface area contributed by atoms with Gasteiger partial charge in [-0.2, -0.15) is 0 Å². The Balaban J connectivity index is 1.92. The summed E-state index contributed by atoms with van der Waals surface area (Å²) in [5, 5.41) is 11.8. The first kappa shape index (κ1) is 12.5. The molecule has 1 aromatic heterocycles. The van der Waals surface area contributed by atoms with Gasteiger partial charge in [-0.3, -0.25) is 4.98 Å². The van der Waals surface area contributed by atoms with Crippen LogP contribution in [0.5, 0.6) is 11.5 Å². The summed E-state index contributed by atoms with van der Waals surface area (Å²) in [5.74, 6) is 1.29. The lowest BCUT2D eigenvalue weighted by atomic mass is 10.1. The molecule has 2 N–H and O–H groups in total. The normalized spacial score (nSPS) is 16.9. The van der Waals surface area contributed by atoms with Crippen molar-refractivity contribution in [3.05, 3.63) is 30.0 Å². The summed E-state index contributed by atoms with van der Waals surface area (Å²) in [7, 11) is 0. The van der Waals surface area contributed by atoms with Gasteiger partial charge in [0, 0.05) is 11.1 Å². The van der Waals surface area contributed by atoms with E-state index in [-0.39, 0.29) is 12.6 Å². The Hall–Kier alpha value is -2.50. The van der Waals surface area contributed by atoms with Crippen LogP contribution < -0.4 is 14.8 Å². The molecule has 0 radical (unpaired) electrons. The molecule has 6 heteroatoms. The van der Waals surface area contributed by atoms with Crippen LogP contribution in [0.2, 0.25) is 0 Å². The standard InChI is InChI=1S/C14H14N2O4/c1-8-2-3-10-11(16-8)4-5-12-13(10)20-9(7-19-12)6-15-14(17)18/h2-5,9,15H,6-7H2,1H3,(H,17,18)/t9-/m0/s1. The number of amides is 1. The molecule has 1 amide bonds. The van der Waals surface area contributed by atoms with Gasteiger partial charge in [0.15, 0.2) is 17.6 Å². The van der Waals surface area contributed by atoms with Crippen molar-refractivity contribution >= 4 is 17.0 Å². The van der Waals surface area contributed by atoms with E-state index in [1.807, 2.05) is 31.2 Å². The SMILES string of the molecule is Cc1ccc2c3c(ccc2n1)OC[C@H](CNC(=O)O)O3. The molecule has 0 saturated heterocycles. The van der Waals surface area contributed by atoms with E-state index in [9.17, 15) is 4.79 Å². The second-order valence-electron chi connectivity index (χ2n) is 4.65. The number of nitrogens with one attached hydrogen (secondary N) is 1. The molecule has 20 heavy (non-hydrogen) atoms. The molecule has 2 heterocycles. The number of carboxylic acid groups (broad SMARTS) is 1. The monoisotopic (exact) mass is 274 g/mol. The molecule has 0 bridgehead atoms. The van der Waals surface area contributed by atoms with Crippen molar-refractivity contribution in [2.24, 2.45) is 0 Å². The van der Waals surface area contributed by atoms with Gasteiger partial charge >= 0.3 is 6.09 Å². The second kappa shape index (κ2) is 4.88. The lowest BCUT2D eigenvalue weighted by molar-refractivity contribution is 0.0913. The van der Waals surface area contributed by atoms with E-state index in [4.69, 9.17) is 14.6 Å². The number of aromatic nitrogens is 1. The van der Waals surface area contributed by atoms with E-state index >= 15 is 0 Å². The molecule has 104 valence electrons. The molecule has 1 aromatic carbocycles. The minimum Gasteiger partial charge on any atom is -0.486 e. The first-order valence-corrected chi connectivity index (χ1v) is 6.30. The molecule has 0 spiro atoms. The number of aryl methyl sites for hydroxylation is 1. The van der Waals surface area contributed by atoms with Crippen molar-refractivity contribution in [1.82, 2.24) is 10.3 Å². The molecule has 1 aliphatic heterocycles. The van der Waals surface area contributed by atoms with Crippen molar-refractivity contribution < 1.29 is 19.4 Å². The van der Waals surface area contributed by atoms with E-state index in [1.54, 1.807) is 0 Å². The Morgan fingerprint density at radius 3 is 3.10 bits per heavy atom. The fraction of sp³-hybridized carbons (Fsp3) is 0.286. The number of fused-ring (bicyclic) bond motifs is 3. The lowest BCUT2D eigenvalue weighted by Gasteiger charge is -2.27. The Bertz CT molecular complexity index is 672. The summed E-state index contributed by atoms with van der Waals surface area (Å²) < 4.78 is 11.5. The number of hydrogen-bond donors (Lipinski definition) is 2. The van der Waals surface area contributed by atoms with E-state index in [0.717, 1.165) is 16.6 Å². The first-order valence-electron chi connectivity index (χ1n) is 6.30. The maximum absolute atomic E-state index is 10.5. The summed E-state index contributed by atoms with van der Waals surface area (Å²) >= 11 is 0. The van der Waals surface area contributed by atoms with Gasteiger partial charge in [0.1, 0.15) is 6.61 Å². The van der Waals surface area contributed by atoms with Crippen LogP contribution in [0.4, 0.5) is 4.79 Å². The third-order valence-corrected chi connectivity index (χ3v) is 3.12. The topological polar surface area (TPSA) is 80.7 Å². The smallest absolute Gasteiger partial charge is 0.404 e. The Morgan fingerprint density at radius 2 is 2.30 bits per heavy atom. The fourth-order valence-electron chi connectivity index (χ4n) is 2.18. The van der Waals surface area contributed by atoms with Gasteiger partial charge < -0.3 is 19.9 Å². The van der Waals surface area contributed by atoms with Crippen molar-refractivity contribution in [1.29, 1.82) is 0 Å². The number of benzene rings is 1. The highest BCUT2D eigenvalue weighted by Gasteiger charge is 2.23. The summed E-state index contributed by atoms with van der Waals surface area (Å²) in [4.78, 5) is 15.0. The lowest BCUT2D eigenvalue weighted by Crippen LogP contribution is -2.40. The minimum absolute atomic E-state index is 0.185. The zero-order valence-corrected chi connectivity index (χ0v) is 10.9. The largest absolute Gasteiger partial charge is 0.486 e. The molecular formula is C14H14N2O4. The van der Waals surface area contributed by atoms with Crippen LogP contribution in [0.25, 0.3) is 10.9 Å². The fourth-order valence-corrected chi connectivity index (χ4v) is 2.18. The molecule has 1 atom stereocenters. The zero-order chi connectivity index (χ0) is 14.1. The van der Waals surface area contributed by atoms with Gasteiger partial charge in [-0.1, -0.05) is 0 Å². The molecule has 0 saturated carbocycles. The van der Waals surface area contributed by atoms with Gasteiger partial charge in [-0.25, -0.2) is 4.79 Å². The maximum atomic E-state index is 10.5. The Labute approximate surface area is 115 Å². The Kier molecular flexibility index (Phi) is 3.06. The average molecular weight is 274 g/mol.